The number of rotatable bonds is 8. The molecule has 1 radical (unpaired) electrons. The fourth-order valence-electron chi connectivity index (χ4n) is 2.14. The van der Waals surface area contributed by atoms with Gasteiger partial charge in [-0.2, -0.15) is 0 Å². The van der Waals surface area contributed by atoms with Crippen molar-refractivity contribution in [3.63, 3.8) is 0 Å². The number of carbonyl (C=O) groups excluding carboxylic acids is 4. The number of hydrogen-bond acceptors (Lipinski definition) is 6. The third-order valence-corrected chi connectivity index (χ3v) is 4.60. The van der Waals surface area contributed by atoms with Crippen LogP contribution in [0.1, 0.15) is 69.2 Å². The van der Waals surface area contributed by atoms with Crippen LogP contribution in [0, 0.1) is 10.8 Å². The quantitative estimate of drug-likeness (QED) is 0.290. The van der Waals surface area contributed by atoms with Crippen LogP contribution in [0.3, 0.4) is 0 Å². The molecule has 0 rings (SSSR count). The van der Waals surface area contributed by atoms with E-state index >= 15 is 0 Å². The molecule has 0 fully saturated rings. The van der Waals surface area contributed by atoms with E-state index in [1.54, 1.807) is 41.5 Å². The zero-order valence-corrected chi connectivity index (χ0v) is 22.8. The van der Waals surface area contributed by atoms with Gasteiger partial charge in [-0.15, -0.1) is 0 Å². The van der Waals surface area contributed by atoms with Crippen molar-refractivity contribution in [1.29, 1.82) is 0 Å². The number of likely N-dealkylation sites (N-methyl/N-ethyl adjacent to an activating group) is 2. The second-order valence-corrected chi connectivity index (χ2v) is 9.24. The van der Waals surface area contributed by atoms with Gasteiger partial charge in [0.25, 0.3) is 11.8 Å². The molecular formula is C24H42CoN2O6. The number of carbonyl (C=O) groups is 4. The first-order valence-corrected chi connectivity index (χ1v) is 11.0. The molecule has 2 amide bonds. The molecule has 193 valence electrons. The molecule has 0 aliphatic carbocycles. The zero-order chi connectivity index (χ0) is 25.9. The summed E-state index contributed by atoms with van der Waals surface area (Å²) in [4.78, 5) is 49.1. The SMILES string of the molecule is CCN(CC)C(=O)C(=O)/C=C(\O)C(C)(C)C.CCN(CC)C(=O)C(=O)/C=C(\O)C(C)(C)C.[Co]. The summed E-state index contributed by atoms with van der Waals surface area (Å²) in [5.41, 5.74) is -1.03. The van der Waals surface area contributed by atoms with Crippen molar-refractivity contribution >= 4 is 23.4 Å². The first-order chi connectivity index (χ1) is 14.5. The molecule has 0 atom stereocenters. The summed E-state index contributed by atoms with van der Waals surface area (Å²) in [5, 5.41) is 19.2. The largest absolute Gasteiger partial charge is 0.512 e. The van der Waals surface area contributed by atoms with Gasteiger partial charge in [0.05, 0.1) is 0 Å². The van der Waals surface area contributed by atoms with E-state index in [-0.39, 0.29) is 28.3 Å². The first-order valence-electron chi connectivity index (χ1n) is 11.0. The molecule has 0 spiro atoms. The summed E-state index contributed by atoms with van der Waals surface area (Å²) in [6, 6.07) is 0. The number of amides is 2. The molecule has 9 heteroatoms. The van der Waals surface area contributed by atoms with Crippen molar-refractivity contribution in [2.24, 2.45) is 10.8 Å². The van der Waals surface area contributed by atoms with E-state index in [2.05, 4.69) is 0 Å². The van der Waals surface area contributed by atoms with E-state index in [1.807, 2.05) is 27.7 Å². The van der Waals surface area contributed by atoms with Crippen LogP contribution in [-0.2, 0) is 36.0 Å². The number of aliphatic hydroxyl groups excluding tert-OH is 2. The molecule has 2 N–H and O–H groups in total. The molecule has 0 aromatic rings. The topological polar surface area (TPSA) is 115 Å². The monoisotopic (exact) mass is 513 g/mol. The van der Waals surface area contributed by atoms with Crippen LogP contribution in [0.2, 0.25) is 0 Å². The molecule has 0 heterocycles. The molecule has 0 aromatic heterocycles. The summed E-state index contributed by atoms with van der Waals surface area (Å²) in [5.74, 6) is -2.62. The Kier molecular flexibility index (Phi) is 16.8. The molecular weight excluding hydrogens is 471 g/mol. The van der Waals surface area contributed by atoms with Crippen LogP contribution >= 0.6 is 0 Å². The Hall–Kier alpha value is -2.13. The van der Waals surface area contributed by atoms with Crippen molar-refractivity contribution in [2.45, 2.75) is 69.2 Å². The van der Waals surface area contributed by atoms with Crippen molar-refractivity contribution in [3.8, 4) is 0 Å². The first kappa shape index (κ1) is 35.5. The van der Waals surface area contributed by atoms with E-state index < -0.39 is 34.2 Å². The molecule has 0 saturated carbocycles. The normalized spacial score (nSPS) is 12.1. The summed E-state index contributed by atoms with van der Waals surface area (Å²) >= 11 is 0. The molecule has 33 heavy (non-hydrogen) atoms. The van der Waals surface area contributed by atoms with Crippen molar-refractivity contribution in [2.75, 3.05) is 26.2 Å². The van der Waals surface area contributed by atoms with Crippen LogP contribution < -0.4 is 0 Å². The number of allylic oxidation sites excluding steroid dienone is 2. The predicted octanol–water partition coefficient (Wildman–Crippen LogP) is 3.82. The number of nitrogens with zero attached hydrogens (tertiary/aromatic N) is 2. The summed E-state index contributed by atoms with van der Waals surface area (Å²) in [6.45, 7) is 19.8. The minimum absolute atomic E-state index is 0. The molecule has 0 saturated heterocycles. The molecule has 0 aromatic carbocycles. The van der Waals surface area contributed by atoms with Crippen molar-refractivity contribution < 1.29 is 46.2 Å². The summed E-state index contributed by atoms with van der Waals surface area (Å²) < 4.78 is 0. The van der Waals surface area contributed by atoms with Crippen LogP contribution in [-0.4, -0.2) is 69.6 Å². The number of hydrogen-bond donors (Lipinski definition) is 2. The maximum absolute atomic E-state index is 11.6. The van der Waals surface area contributed by atoms with E-state index in [4.69, 9.17) is 0 Å². The second-order valence-electron chi connectivity index (χ2n) is 9.24. The smallest absolute Gasteiger partial charge is 0.294 e. The van der Waals surface area contributed by atoms with Crippen LogP contribution in [0.4, 0.5) is 0 Å². The van der Waals surface area contributed by atoms with Gasteiger partial charge in [-0.1, -0.05) is 41.5 Å². The molecule has 0 bridgehead atoms. The fraction of sp³-hybridized carbons (Fsp3) is 0.667. The molecule has 0 aliphatic rings. The molecule has 0 unspecified atom stereocenters. The standard InChI is InChI=1S/2C12H21NO3.Co/c2*1-6-13(7-2)11(16)9(14)8-10(15)12(3,4)5;/h2*8,15H,6-7H2,1-5H3;/b2*10-8-;. The summed E-state index contributed by atoms with van der Waals surface area (Å²) in [6.07, 6.45) is 2.03. The number of aliphatic hydroxyl groups is 2. The van der Waals surface area contributed by atoms with E-state index in [0.29, 0.717) is 26.2 Å². The van der Waals surface area contributed by atoms with E-state index in [0.717, 1.165) is 12.2 Å². The average molecular weight is 514 g/mol. The maximum Gasteiger partial charge on any atom is 0.294 e. The van der Waals surface area contributed by atoms with Gasteiger partial charge in [-0.3, -0.25) is 19.2 Å². The third-order valence-electron chi connectivity index (χ3n) is 4.60. The maximum atomic E-state index is 11.6. The van der Waals surface area contributed by atoms with E-state index in [1.165, 1.54) is 9.80 Å². The Bertz CT molecular complexity index is 660. The Morgan fingerprint density at radius 1 is 0.606 bits per heavy atom. The van der Waals surface area contributed by atoms with Gasteiger partial charge in [0.1, 0.15) is 11.5 Å². The van der Waals surface area contributed by atoms with Gasteiger partial charge in [-0.05, 0) is 27.7 Å². The minimum Gasteiger partial charge on any atom is -0.512 e. The van der Waals surface area contributed by atoms with Crippen molar-refractivity contribution in [1.82, 2.24) is 9.80 Å². The van der Waals surface area contributed by atoms with Gasteiger partial charge in [0.15, 0.2) is 0 Å². The Balaban J connectivity index is -0.000000529. The van der Waals surface area contributed by atoms with Crippen molar-refractivity contribution in [3.05, 3.63) is 23.7 Å². The Morgan fingerprint density at radius 3 is 0.970 bits per heavy atom. The van der Waals surface area contributed by atoms with Crippen LogP contribution in [0.15, 0.2) is 23.7 Å². The van der Waals surface area contributed by atoms with Gasteiger partial charge < -0.3 is 20.0 Å². The Morgan fingerprint density at radius 2 is 0.818 bits per heavy atom. The fourth-order valence-corrected chi connectivity index (χ4v) is 2.14. The van der Waals surface area contributed by atoms with E-state index in [9.17, 15) is 29.4 Å². The predicted molar refractivity (Wildman–Crippen MR) is 126 cm³/mol. The Labute approximate surface area is 209 Å². The second kappa shape index (κ2) is 15.7. The van der Waals surface area contributed by atoms with Gasteiger partial charge in [0, 0.05) is 65.9 Å². The zero-order valence-electron chi connectivity index (χ0n) is 21.7. The van der Waals surface area contributed by atoms with Gasteiger partial charge in [0.2, 0.25) is 11.6 Å². The van der Waals surface area contributed by atoms with Crippen LogP contribution in [0.5, 0.6) is 0 Å². The average Bonchev–Trinajstić information content (AvgIpc) is 2.68. The van der Waals surface area contributed by atoms with Gasteiger partial charge in [-0.25, -0.2) is 0 Å². The summed E-state index contributed by atoms with van der Waals surface area (Å²) in [7, 11) is 0. The number of ketones is 2. The molecule has 0 aliphatic heterocycles. The third kappa shape index (κ3) is 13.2. The van der Waals surface area contributed by atoms with Crippen LogP contribution in [0.25, 0.3) is 0 Å². The molecule has 8 nitrogen and oxygen atoms in total. The minimum atomic E-state index is -0.670. The van der Waals surface area contributed by atoms with Gasteiger partial charge >= 0.3 is 0 Å².